The maximum Gasteiger partial charge on any atom is 0.251 e. The molecule has 21 heavy (non-hydrogen) atoms. The molecule has 1 aliphatic heterocycles. The third-order valence-electron chi connectivity index (χ3n) is 3.44. The first-order valence-corrected chi connectivity index (χ1v) is 6.85. The first-order valence-electron chi connectivity index (χ1n) is 6.85. The minimum absolute atomic E-state index is 0.0608. The Kier molecular flexibility index (Phi) is 4.08. The van der Waals surface area contributed by atoms with Gasteiger partial charge in [-0.25, -0.2) is 15.8 Å². The Balaban J connectivity index is 2.45. The number of nitrogens with zero attached hydrogens (tertiary/aromatic N) is 3. The molecule has 8 heteroatoms. The van der Waals surface area contributed by atoms with Crippen LogP contribution in [0.15, 0.2) is 6.07 Å². The number of hydrazine groups is 1. The molecule has 0 saturated carbocycles. The predicted octanol–water partition coefficient (Wildman–Crippen LogP) is -0.0439. The molecular formula is C13H20N6O2. The summed E-state index contributed by atoms with van der Waals surface area (Å²) >= 11 is 0. The highest BCUT2D eigenvalue weighted by Crippen LogP contribution is 2.26. The van der Waals surface area contributed by atoms with E-state index >= 15 is 0 Å². The Hall–Kier alpha value is -2.22. The van der Waals surface area contributed by atoms with Crippen molar-refractivity contribution in [2.24, 2.45) is 5.84 Å². The van der Waals surface area contributed by atoms with Crippen molar-refractivity contribution in [1.29, 1.82) is 0 Å². The summed E-state index contributed by atoms with van der Waals surface area (Å²) in [4.78, 5) is 34.0. The van der Waals surface area contributed by atoms with E-state index in [-0.39, 0.29) is 18.4 Å². The molecule has 8 nitrogen and oxygen atoms in total. The number of hydrogen-bond acceptors (Lipinski definition) is 7. The van der Waals surface area contributed by atoms with Gasteiger partial charge in [0.05, 0.1) is 6.54 Å². The summed E-state index contributed by atoms with van der Waals surface area (Å²) < 4.78 is 0. The van der Waals surface area contributed by atoms with Crippen LogP contribution in [0.1, 0.15) is 33.0 Å². The lowest BCUT2D eigenvalue weighted by Crippen LogP contribution is -2.64. The predicted molar refractivity (Wildman–Crippen MR) is 78.4 cm³/mol. The fourth-order valence-corrected chi connectivity index (χ4v) is 2.18. The van der Waals surface area contributed by atoms with E-state index in [1.807, 2.05) is 6.92 Å². The van der Waals surface area contributed by atoms with Crippen LogP contribution in [0.2, 0.25) is 0 Å². The zero-order valence-corrected chi connectivity index (χ0v) is 12.4. The number of anilines is 2. The number of aryl methyl sites for hydroxylation is 1. The molecule has 0 spiro atoms. The monoisotopic (exact) mass is 292 g/mol. The second-order valence-electron chi connectivity index (χ2n) is 5.44. The normalized spacial score (nSPS) is 17.6. The number of carbonyl (C=O) groups excluding carboxylic acids is 2. The van der Waals surface area contributed by atoms with Gasteiger partial charge in [-0.3, -0.25) is 14.9 Å². The highest BCUT2D eigenvalue weighted by atomic mass is 16.2. The number of rotatable bonds is 4. The molecule has 0 bridgehead atoms. The van der Waals surface area contributed by atoms with Gasteiger partial charge in [0, 0.05) is 12.5 Å². The number of hydrogen-bond donors (Lipinski definition) is 3. The Labute approximate surface area is 123 Å². The van der Waals surface area contributed by atoms with Crippen molar-refractivity contribution in [3.05, 3.63) is 11.9 Å². The van der Waals surface area contributed by atoms with Gasteiger partial charge in [-0.1, -0.05) is 6.92 Å². The highest BCUT2D eigenvalue weighted by Gasteiger charge is 2.41. The molecular weight excluding hydrogens is 272 g/mol. The van der Waals surface area contributed by atoms with Crippen LogP contribution in [-0.4, -0.2) is 33.9 Å². The fraction of sp³-hybridized carbons (Fsp3) is 0.538. The molecule has 2 amide bonds. The quantitative estimate of drug-likeness (QED) is 0.405. The van der Waals surface area contributed by atoms with Gasteiger partial charge in [-0.05, 0) is 20.3 Å². The second-order valence-corrected chi connectivity index (χ2v) is 5.44. The average molecular weight is 292 g/mol. The topological polar surface area (TPSA) is 113 Å². The molecule has 4 N–H and O–H groups in total. The number of amides is 2. The summed E-state index contributed by atoms with van der Waals surface area (Å²) in [5.74, 6) is 6.32. The van der Waals surface area contributed by atoms with Gasteiger partial charge in [0.2, 0.25) is 5.91 Å². The Morgan fingerprint density at radius 1 is 1.43 bits per heavy atom. The molecule has 0 unspecified atom stereocenters. The third kappa shape index (κ3) is 2.94. The molecule has 1 aliphatic rings. The molecule has 2 rings (SSSR count). The van der Waals surface area contributed by atoms with E-state index in [1.54, 1.807) is 24.8 Å². The minimum Gasteiger partial charge on any atom is -0.333 e. The molecule has 1 fully saturated rings. The number of nitrogens with one attached hydrogen (secondary N) is 2. The van der Waals surface area contributed by atoms with Crippen LogP contribution in [0.4, 0.5) is 11.6 Å². The van der Waals surface area contributed by atoms with Crippen molar-refractivity contribution in [2.45, 2.75) is 39.2 Å². The molecule has 0 aliphatic carbocycles. The van der Waals surface area contributed by atoms with E-state index in [0.29, 0.717) is 23.9 Å². The Morgan fingerprint density at radius 2 is 2.14 bits per heavy atom. The Morgan fingerprint density at radius 3 is 2.76 bits per heavy atom. The highest BCUT2D eigenvalue weighted by molar-refractivity contribution is 6.06. The largest absolute Gasteiger partial charge is 0.333 e. The number of carbonyl (C=O) groups is 2. The van der Waals surface area contributed by atoms with E-state index in [0.717, 1.165) is 6.42 Å². The summed E-state index contributed by atoms with van der Waals surface area (Å²) in [7, 11) is 0. The van der Waals surface area contributed by atoms with E-state index in [4.69, 9.17) is 5.84 Å². The van der Waals surface area contributed by atoms with Crippen LogP contribution in [0, 0.1) is 0 Å². The minimum atomic E-state index is -0.877. The lowest BCUT2D eigenvalue weighted by molar-refractivity contribution is -0.135. The van der Waals surface area contributed by atoms with Gasteiger partial charge < -0.3 is 10.3 Å². The molecule has 1 saturated heterocycles. The summed E-state index contributed by atoms with van der Waals surface area (Å²) in [6.07, 6.45) is 1.58. The van der Waals surface area contributed by atoms with Crippen molar-refractivity contribution in [1.82, 2.24) is 15.3 Å². The molecule has 0 aromatic carbocycles. The SMILES string of the molecule is CCCc1nc(NN)cc(N2CC(=O)NC(=O)C2(C)C)n1. The van der Waals surface area contributed by atoms with Crippen LogP contribution in [0.25, 0.3) is 0 Å². The number of piperazine rings is 1. The molecule has 1 aromatic rings. The molecule has 0 atom stereocenters. The van der Waals surface area contributed by atoms with E-state index in [9.17, 15) is 9.59 Å². The summed E-state index contributed by atoms with van der Waals surface area (Å²) in [6, 6.07) is 1.63. The summed E-state index contributed by atoms with van der Waals surface area (Å²) in [5, 5.41) is 2.33. The lowest BCUT2D eigenvalue weighted by atomic mass is 9.99. The number of nitrogen functional groups attached to an aromatic ring is 1. The standard InChI is InChI=1S/C13H20N6O2/c1-4-5-8-15-9(18-14)6-10(16-8)19-7-11(20)17-12(21)13(19,2)3/h6H,4-5,7,14H2,1-3H3,(H,15,16,18)(H,17,20,21). The van der Waals surface area contributed by atoms with E-state index in [1.165, 1.54) is 0 Å². The number of nitrogens with two attached hydrogens (primary N) is 1. The van der Waals surface area contributed by atoms with Gasteiger partial charge in [0.15, 0.2) is 0 Å². The van der Waals surface area contributed by atoms with Crippen molar-refractivity contribution in [2.75, 3.05) is 16.9 Å². The van der Waals surface area contributed by atoms with Crippen molar-refractivity contribution < 1.29 is 9.59 Å². The smallest absolute Gasteiger partial charge is 0.251 e. The Bertz CT molecular complexity index is 572. The first kappa shape index (κ1) is 15.2. The third-order valence-corrected chi connectivity index (χ3v) is 3.44. The first-order chi connectivity index (χ1) is 9.88. The van der Waals surface area contributed by atoms with Crippen molar-refractivity contribution in [3.8, 4) is 0 Å². The molecule has 114 valence electrons. The zero-order valence-electron chi connectivity index (χ0n) is 12.4. The van der Waals surface area contributed by atoms with E-state index < -0.39 is 5.54 Å². The average Bonchev–Trinajstić information content (AvgIpc) is 2.43. The van der Waals surface area contributed by atoms with Gasteiger partial charge >= 0.3 is 0 Å². The molecule has 1 aromatic heterocycles. The van der Waals surface area contributed by atoms with E-state index in [2.05, 4.69) is 20.7 Å². The maximum absolute atomic E-state index is 12.0. The van der Waals surface area contributed by atoms with Crippen LogP contribution in [-0.2, 0) is 16.0 Å². The van der Waals surface area contributed by atoms with Gasteiger partial charge in [-0.15, -0.1) is 0 Å². The maximum atomic E-state index is 12.0. The summed E-state index contributed by atoms with van der Waals surface area (Å²) in [5.41, 5.74) is 1.61. The molecule has 0 radical (unpaired) electrons. The van der Waals surface area contributed by atoms with Gasteiger partial charge in [-0.2, -0.15) is 0 Å². The van der Waals surface area contributed by atoms with Gasteiger partial charge in [0.25, 0.3) is 5.91 Å². The zero-order chi connectivity index (χ0) is 15.6. The van der Waals surface area contributed by atoms with Crippen molar-refractivity contribution in [3.63, 3.8) is 0 Å². The number of imide groups is 1. The molecule has 2 heterocycles. The van der Waals surface area contributed by atoms with Crippen LogP contribution in [0.5, 0.6) is 0 Å². The fourth-order valence-electron chi connectivity index (χ4n) is 2.18. The van der Waals surface area contributed by atoms with Gasteiger partial charge in [0.1, 0.15) is 23.0 Å². The van der Waals surface area contributed by atoms with Crippen LogP contribution >= 0.6 is 0 Å². The second kappa shape index (κ2) is 5.65. The number of aromatic nitrogens is 2. The van der Waals surface area contributed by atoms with Crippen LogP contribution < -0.4 is 21.5 Å². The van der Waals surface area contributed by atoms with Crippen LogP contribution in [0.3, 0.4) is 0 Å². The lowest BCUT2D eigenvalue weighted by Gasteiger charge is -2.41. The van der Waals surface area contributed by atoms with Crippen molar-refractivity contribution >= 4 is 23.5 Å². The summed E-state index contributed by atoms with van der Waals surface area (Å²) in [6.45, 7) is 5.57.